The Morgan fingerprint density at radius 2 is 1.93 bits per heavy atom. The zero-order valence-corrected chi connectivity index (χ0v) is 9.67. The van der Waals surface area contributed by atoms with Crippen molar-refractivity contribution in [1.82, 2.24) is 0 Å². The molecule has 0 spiro atoms. The van der Waals surface area contributed by atoms with Crippen LogP contribution in [0.25, 0.3) is 0 Å². The molecular formula is C12H18FNO. The van der Waals surface area contributed by atoms with Gasteiger partial charge >= 0.3 is 0 Å². The molecule has 0 aliphatic rings. The van der Waals surface area contributed by atoms with E-state index in [1.165, 1.54) is 13.2 Å². The van der Waals surface area contributed by atoms with Gasteiger partial charge < -0.3 is 10.1 Å². The third-order valence-electron chi connectivity index (χ3n) is 2.55. The molecule has 15 heavy (non-hydrogen) atoms. The lowest BCUT2D eigenvalue weighted by molar-refractivity contribution is 0.386. The predicted octanol–water partition coefficient (Wildman–Crippen LogP) is 3.29. The van der Waals surface area contributed by atoms with Crippen molar-refractivity contribution in [3.8, 4) is 5.75 Å². The quantitative estimate of drug-likeness (QED) is 0.825. The standard InChI is InChI=1S/C12H18FNO/c1-8(2)9(3)14-10-5-6-12(15-4)11(13)7-10/h5-9,14H,1-4H3. The van der Waals surface area contributed by atoms with Crippen molar-refractivity contribution in [2.45, 2.75) is 26.8 Å². The molecule has 0 aliphatic carbocycles. The van der Waals surface area contributed by atoms with Gasteiger partial charge in [0.2, 0.25) is 0 Å². The van der Waals surface area contributed by atoms with Crippen LogP contribution >= 0.6 is 0 Å². The third kappa shape index (κ3) is 3.11. The Balaban J connectivity index is 2.75. The van der Waals surface area contributed by atoms with E-state index in [9.17, 15) is 4.39 Å². The number of ether oxygens (including phenoxy) is 1. The summed E-state index contributed by atoms with van der Waals surface area (Å²) in [5, 5.41) is 3.24. The van der Waals surface area contributed by atoms with E-state index in [0.717, 1.165) is 5.69 Å². The molecule has 0 radical (unpaired) electrons. The number of anilines is 1. The number of halogens is 1. The maximum atomic E-state index is 13.3. The van der Waals surface area contributed by atoms with Gasteiger partial charge in [0.05, 0.1) is 7.11 Å². The molecule has 1 N–H and O–H groups in total. The summed E-state index contributed by atoms with van der Waals surface area (Å²) < 4.78 is 18.2. The molecule has 1 aromatic carbocycles. The van der Waals surface area contributed by atoms with Crippen LogP contribution in [0.15, 0.2) is 18.2 Å². The topological polar surface area (TPSA) is 21.3 Å². The normalized spacial score (nSPS) is 12.7. The molecule has 1 unspecified atom stereocenters. The van der Waals surface area contributed by atoms with Gasteiger partial charge in [-0.15, -0.1) is 0 Å². The zero-order valence-electron chi connectivity index (χ0n) is 9.67. The largest absolute Gasteiger partial charge is 0.494 e. The fourth-order valence-electron chi connectivity index (χ4n) is 1.19. The van der Waals surface area contributed by atoms with Gasteiger partial charge in [-0.3, -0.25) is 0 Å². The van der Waals surface area contributed by atoms with Crippen LogP contribution in [0.5, 0.6) is 5.75 Å². The number of methoxy groups -OCH3 is 1. The number of nitrogens with one attached hydrogen (secondary N) is 1. The molecule has 3 heteroatoms. The van der Waals surface area contributed by atoms with Crippen LogP contribution in [-0.4, -0.2) is 13.2 Å². The summed E-state index contributed by atoms with van der Waals surface area (Å²) in [6.45, 7) is 6.32. The Bertz CT molecular complexity index is 325. The molecule has 2 nitrogen and oxygen atoms in total. The first kappa shape index (κ1) is 11.8. The first-order valence-electron chi connectivity index (χ1n) is 5.14. The van der Waals surface area contributed by atoms with Gasteiger partial charge in [-0.1, -0.05) is 13.8 Å². The first-order valence-corrected chi connectivity index (χ1v) is 5.14. The second-order valence-electron chi connectivity index (χ2n) is 4.03. The highest BCUT2D eigenvalue weighted by molar-refractivity contribution is 5.47. The number of benzene rings is 1. The molecule has 0 saturated carbocycles. The molecule has 0 bridgehead atoms. The summed E-state index contributed by atoms with van der Waals surface area (Å²) in [4.78, 5) is 0. The zero-order chi connectivity index (χ0) is 11.4. The van der Waals surface area contributed by atoms with E-state index in [4.69, 9.17) is 4.74 Å². The van der Waals surface area contributed by atoms with E-state index in [1.807, 2.05) is 6.07 Å². The average Bonchev–Trinajstić information content (AvgIpc) is 2.18. The fourth-order valence-corrected chi connectivity index (χ4v) is 1.19. The highest BCUT2D eigenvalue weighted by Crippen LogP contribution is 2.21. The van der Waals surface area contributed by atoms with Crippen molar-refractivity contribution in [1.29, 1.82) is 0 Å². The molecule has 84 valence electrons. The van der Waals surface area contributed by atoms with Crippen molar-refractivity contribution in [2.75, 3.05) is 12.4 Å². The summed E-state index contributed by atoms with van der Waals surface area (Å²) >= 11 is 0. The minimum absolute atomic E-state index is 0.276. The Labute approximate surface area is 90.4 Å². The van der Waals surface area contributed by atoms with Crippen LogP contribution in [0.3, 0.4) is 0 Å². The molecule has 0 saturated heterocycles. The van der Waals surface area contributed by atoms with Gasteiger partial charge in [-0.25, -0.2) is 4.39 Å². The smallest absolute Gasteiger partial charge is 0.167 e. The molecular weight excluding hydrogens is 193 g/mol. The van der Waals surface area contributed by atoms with Crippen LogP contribution in [0.2, 0.25) is 0 Å². The monoisotopic (exact) mass is 211 g/mol. The maximum absolute atomic E-state index is 13.3. The minimum Gasteiger partial charge on any atom is -0.494 e. The predicted molar refractivity (Wildman–Crippen MR) is 60.9 cm³/mol. The van der Waals surface area contributed by atoms with Crippen LogP contribution in [0.4, 0.5) is 10.1 Å². The van der Waals surface area contributed by atoms with Crippen LogP contribution in [0, 0.1) is 11.7 Å². The lowest BCUT2D eigenvalue weighted by atomic mass is 10.1. The highest BCUT2D eigenvalue weighted by atomic mass is 19.1. The number of hydrogen-bond donors (Lipinski definition) is 1. The van der Waals surface area contributed by atoms with Crippen molar-refractivity contribution >= 4 is 5.69 Å². The molecule has 0 aliphatic heterocycles. The van der Waals surface area contributed by atoms with Crippen LogP contribution in [-0.2, 0) is 0 Å². The summed E-state index contributed by atoms with van der Waals surface area (Å²) in [5.74, 6) is 0.450. The van der Waals surface area contributed by atoms with Gasteiger partial charge in [0, 0.05) is 17.8 Å². The van der Waals surface area contributed by atoms with E-state index in [1.54, 1.807) is 6.07 Å². The van der Waals surface area contributed by atoms with Gasteiger partial charge in [0.25, 0.3) is 0 Å². The van der Waals surface area contributed by atoms with Crippen LogP contribution in [0.1, 0.15) is 20.8 Å². The van der Waals surface area contributed by atoms with E-state index in [0.29, 0.717) is 12.0 Å². The van der Waals surface area contributed by atoms with Crippen molar-refractivity contribution in [3.05, 3.63) is 24.0 Å². The lowest BCUT2D eigenvalue weighted by Crippen LogP contribution is -2.21. The Hall–Kier alpha value is -1.25. The van der Waals surface area contributed by atoms with Crippen molar-refractivity contribution < 1.29 is 9.13 Å². The van der Waals surface area contributed by atoms with E-state index >= 15 is 0 Å². The molecule has 1 atom stereocenters. The third-order valence-corrected chi connectivity index (χ3v) is 2.55. The SMILES string of the molecule is COc1ccc(NC(C)C(C)C)cc1F. The average molecular weight is 211 g/mol. The van der Waals surface area contributed by atoms with Crippen LogP contribution < -0.4 is 10.1 Å². The molecule has 0 fully saturated rings. The van der Waals surface area contributed by atoms with Gasteiger partial charge in [-0.2, -0.15) is 0 Å². The Kier molecular flexibility index (Phi) is 3.95. The molecule has 1 aromatic rings. The Morgan fingerprint density at radius 1 is 1.27 bits per heavy atom. The molecule has 0 amide bonds. The van der Waals surface area contributed by atoms with Gasteiger partial charge in [0.15, 0.2) is 11.6 Å². The molecule has 1 rings (SSSR count). The number of hydrogen-bond acceptors (Lipinski definition) is 2. The second kappa shape index (κ2) is 5.01. The lowest BCUT2D eigenvalue weighted by Gasteiger charge is -2.19. The van der Waals surface area contributed by atoms with Crippen molar-refractivity contribution in [3.63, 3.8) is 0 Å². The Morgan fingerprint density at radius 3 is 2.40 bits per heavy atom. The summed E-state index contributed by atoms with van der Waals surface area (Å²) in [5.41, 5.74) is 0.787. The van der Waals surface area contributed by atoms with Crippen molar-refractivity contribution in [2.24, 2.45) is 5.92 Å². The van der Waals surface area contributed by atoms with E-state index in [-0.39, 0.29) is 11.6 Å². The molecule has 0 heterocycles. The van der Waals surface area contributed by atoms with Gasteiger partial charge in [0.1, 0.15) is 0 Å². The maximum Gasteiger partial charge on any atom is 0.167 e. The van der Waals surface area contributed by atoms with Gasteiger partial charge in [-0.05, 0) is 25.0 Å². The fraction of sp³-hybridized carbons (Fsp3) is 0.500. The second-order valence-corrected chi connectivity index (χ2v) is 4.03. The summed E-state index contributed by atoms with van der Waals surface area (Å²) in [6, 6.07) is 5.22. The number of rotatable bonds is 4. The minimum atomic E-state index is -0.335. The molecule has 0 aromatic heterocycles. The highest BCUT2D eigenvalue weighted by Gasteiger charge is 2.08. The van der Waals surface area contributed by atoms with E-state index < -0.39 is 0 Å². The summed E-state index contributed by atoms with van der Waals surface area (Å²) in [7, 11) is 1.46. The van der Waals surface area contributed by atoms with E-state index in [2.05, 4.69) is 26.1 Å². The first-order chi connectivity index (χ1) is 7.04. The summed E-state index contributed by atoms with van der Waals surface area (Å²) in [6.07, 6.45) is 0.